The van der Waals surface area contributed by atoms with Crippen LogP contribution in [0.2, 0.25) is 0 Å². The first-order chi connectivity index (χ1) is 10.8. The molecule has 0 bridgehead atoms. The van der Waals surface area contributed by atoms with E-state index >= 15 is 0 Å². The largest absolute Gasteiger partial charge is 0.465 e. The predicted molar refractivity (Wildman–Crippen MR) is 69.5 cm³/mol. The van der Waals surface area contributed by atoms with Crippen LogP contribution < -0.4 is 0 Å². The van der Waals surface area contributed by atoms with Gasteiger partial charge in [-0.25, -0.2) is 9.18 Å². The number of aromatic nitrogens is 2. The second-order valence-corrected chi connectivity index (χ2v) is 4.52. The van der Waals surface area contributed by atoms with Gasteiger partial charge in [-0.1, -0.05) is 12.1 Å². The van der Waals surface area contributed by atoms with E-state index in [2.05, 4.69) is 9.84 Å². The molecule has 5 nitrogen and oxygen atoms in total. The third kappa shape index (κ3) is 3.38. The van der Waals surface area contributed by atoms with Gasteiger partial charge in [-0.2, -0.15) is 18.3 Å². The Bertz CT molecular complexity index is 753. The fraction of sp³-hybridized carbons (Fsp3) is 0.214. The van der Waals surface area contributed by atoms with E-state index in [1.807, 2.05) is 0 Å². The molecule has 2 rings (SSSR count). The Hall–Kier alpha value is -2.71. The van der Waals surface area contributed by atoms with Gasteiger partial charge in [0, 0.05) is 11.8 Å². The molecule has 0 aliphatic rings. The Kier molecular flexibility index (Phi) is 4.48. The van der Waals surface area contributed by atoms with Gasteiger partial charge in [-0.3, -0.25) is 9.48 Å². The highest BCUT2D eigenvalue weighted by atomic mass is 19.4. The van der Waals surface area contributed by atoms with E-state index < -0.39 is 29.2 Å². The fourth-order valence-corrected chi connectivity index (χ4v) is 1.97. The van der Waals surface area contributed by atoms with Crippen molar-refractivity contribution < 1.29 is 31.9 Å². The smallest absolute Gasteiger partial charge is 0.435 e. The Labute approximate surface area is 127 Å². The quantitative estimate of drug-likeness (QED) is 0.491. The van der Waals surface area contributed by atoms with Crippen LogP contribution in [0.1, 0.15) is 32.0 Å². The van der Waals surface area contributed by atoms with Gasteiger partial charge in [0.1, 0.15) is 5.82 Å². The van der Waals surface area contributed by atoms with E-state index in [1.54, 1.807) is 0 Å². The second kappa shape index (κ2) is 6.19. The van der Waals surface area contributed by atoms with Gasteiger partial charge in [0.2, 0.25) is 0 Å². The molecule has 0 spiro atoms. The number of ether oxygens (including phenoxy) is 1. The Morgan fingerprint density at radius 1 is 1.39 bits per heavy atom. The molecule has 0 saturated heterocycles. The van der Waals surface area contributed by atoms with Gasteiger partial charge in [-0.15, -0.1) is 0 Å². The summed E-state index contributed by atoms with van der Waals surface area (Å²) < 4.78 is 57.5. The lowest BCUT2D eigenvalue weighted by molar-refractivity contribution is -0.141. The molecular formula is C14H10F4N2O3. The van der Waals surface area contributed by atoms with Crippen LogP contribution in [0.5, 0.6) is 0 Å². The monoisotopic (exact) mass is 330 g/mol. The summed E-state index contributed by atoms with van der Waals surface area (Å²) in [6, 6.07) is 3.84. The number of methoxy groups -OCH3 is 1. The Morgan fingerprint density at radius 3 is 2.61 bits per heavy atom. The SMILES string of the molecule is COC(=O)c1cccc(Cn2cc(C=O)c(C(F)(F)F)n2)c1F. The topological polar surface area (TPSA) is 61.2 Å². The van der Waals surface area contributed by atoms with E-state index in [-0.39, 0.29) is 24.0 Å². The lowest BCUT2D eigenvalue weighted by atomic mass is 10.1. The molecule has 122 valence electrons. The van der Waals surface area contributed by atoms with Crippen LogP contribution in [0.3, 0.4) is 0 Å². The number of rotatable bonds is 4. The zero-order chi connectivity index (χ0) is 17.2. The number of nitrogens with zero attached hydrogens (tertiary/aromatic N) is 2. The summed E-state index contributed by atoms with van der Waals surface area (Å²) in [6.07, 6.45) is -3.92. The average Bonchev–Trinajstić information content (AvgIpc) is 2.92. The van der Waals surface area contributed by atoms with Crippen LogP contribution in [0.4, 0.5) is 17.6 Å². The molecule has 1 aromatic carbocycles. The van der Waals surface area contributed by atoms with E-state index in [4.69, 9.17) is 0 Å². The van der Waals surface area contributed by atoms with Crippen molar-refractivity contribution in [2.75, 3.05) is 7.11 Å². The average molecular weight is 330 g/mol. The number of halogens is 4. The van der Waals surface area contributed by atoms with Gasteiger partial charge in [0.05, 0.1) is 24.8 Å². The van der Waals surface area contributed by atoms with Crippen LogP contribution in [0.15, 0.2) is 24.4 Å². The number of benzene rings is 1. The number of alkyl halides is 3. The van der Waals surface area contributed by atoms with E-state index in [1.165, 1.54) is 18.2 Å². The molecule has 0 aliphatic heterocycles. The zero-order valence-corrected chi connectivity index (χ0v) is 11.7. The third-order valence-electron chi connectivity index (χ3n) is 3.00. The van der Waals surface area contributed by atoms with Crippen molar-refractivity contribution in [1.82, 2.24) is 9.78 Å². The molecule has 0 atom stereocenters. The molecule has 0 aliphatic carbocycles. The summed E-state index contributed by atoms with van der Waals surface area (Å²) in [4.78, 5) is 22.1. The summed E-state index contributed by atoms with van der Waals surface area (Å²) in [5.74, 6) is -1.83. The van der Waals surface area contributed by atoms with Gasteiger partial charge >= 0.3 is 12.1 Å². The highest BCUT2D eigenvalue weighted by Gasteiger charge is 2.37. The van der Waals surface area contributed by atoms with Crippen molar-refractivity contribution in [2.45, 2.75) is 12.7 Å². The van der Waals surface area contributed by atoms with Crippen LogP contribution in [0.25, 0.3) is 0 Å². The standard InChI is InChI=1S/C14H10F4N2O3/c1-23-13(22)10-4-2-3-8(11(10)15)5-20-6-9(7-21)12(19-20)14(16,17)18/h2-4,6-7H,5H2,1H3. The highest BCUT2D eigenvalue weighted by molar-refractivity contribution is 5.89. The normalized spacial score (nSPS) is 11.3. The van der Waals surface area contributed by atoms with Crippen LogP contribution in [-0.2, 0) is 17.5 Å². The van der Waals surface area contributed by atoms with Crippen molar-refractivity contribution >= 4 is 12.3 Å². The molecule has 9 heteroatoms. The highest BCUT2D eigenvalue weighted by Crippen LogP contribution is 2.30. The van der Waals surface area contributed by atoms with E-state index in [0.717, 1.165) is 18.0 Å². The minimum atomic E-state index is -4.80. The Balaban J connectivity index is 2.39. The van der Waals surface area contributed by atoms with E-state index in [9.17, 15) is 27.2 Å². The minimum absolute atomic E-state index is 0.0214. The lowest BCUT2D eigenvalue weighted by Crippen LogP contribution is -2.11. The molecule has 0 saturated carbocycles. The van der Waals surface area contributed by atoms with Gasteiger partial charge < -0.3 is 4.74 Å². The molecule has 0 amide bonds. The van der Waals surface area contributed by atoms with Crippen molar-refractivity contribution in [3.05, 3.63) is 52.6 Å². The molecule has 0 N–H and O–H groups in total. The van der Waals surface area contributed by atoms with Crippen LogP contribution >= 0.6 is 0 Å². The molecule has 0 unspecified atom stereocenters. The summed E-state index contributed by atoms with van der Waals surface area (Å²) >= 11 is 0. The van der Waals surface area contributed by atoms with Crippen molar-refractivity contribution in [3.63, 3.8) is 0 Å². The molecular weight excluding hydrogens is 320 g/mol. The maximum atomic E-state index is 14.2. The van der Waals surface area contributed by atoms with Gasteiger partial charge in [0.25, 0.3) is 0 Å². The number of carbonyl (C=O) groups excluding carboxylic acids is 2. The summed E-state index contributed by atoms with van der Waals surface area (Å²) in [7, 11) is 1.08. The zero-order valence-electron chi connectivity index (χ0n) is 11.7. The minimum Gasteiger partial charge on any atom is -0.465 e. The number of carbonyl (C=O) groups is 2. The maximum absolute atomic E-state index is 14.2. The first-order valence-corrected chi connectivity index (χ1v) is 6.23. The third-order valence-corrected chi connectivity index (χ3v) is 3.00. The molecule has 1 heterocycles. The molecule has 23 heavy (non-hydrogen) atoms. The predicted octanol–water partition coefficient (Wildman–Crippen LogP) is 2.69. The Morgan fingerprint density at radius 2 is 2.09 bits per heavy atom. The molecule has 0 fully saturated rings. The van der Waals surface area contributed by atoms with Gasteiger partial charge in [0.15, 0.2) is 12.0 Å². The number of esters is 1. The first-order valence-electron chi connectivity index (χ1n) is 6.23. The van der Waals surface area contributed by atoms with Gasteiger partial charge in [-0.05, 0) is 6.07 Å². The van der Waals surface area contributed by atoms with Crippen LogP contribution in [-0.4, -0.2) is 29.1 Å². The lowest BCUT2D eigenvalue weighted by Gasteiger charge is -2.07. The second-order valence-electron chi connectivity index (χ2n) is 4.52. The maximum Gasteiger partial charge on any atom is 0.435 e. The first kappa shape index (κ1) is 16.7. The molecule has 1 aromatic heterocycles. The van der Waals surface area contributed by atoms with Crippen molar-refractivity contribution in [1.29, 1.82) is 0 Å². The van der Waals surface area contributed by atoms with Crippen molar-refractivity contribution in [2.24, 2.45) is 0 Å². The summed E-state index contributed by atoms with van der Waals surface area (Å²) in [5.41, 5.74) is -2.41. The molecule has 0 radical (unpaired) electrons. The van der Waals surface area contributed by atoms with E-state index in [0.29, 0.717) is 0 Å². The number of aldehydes is 1. The fourth-order valence-electron chi connectivity index (χ4n) is 1.97. The summed E-state index contributed by atoms with van der Waals surface area (Å²) in [6.45, 7) is -0.381. The molecule has 2 aromatic rings. The van der Waals surface area contributed by atoms with Crippen molar-refractivity contribution in [3.8, 4) is 0 Å². The number of hydrogen-bond donors (Lipinski definition) is 0. The number of hydrogen-bond acceptors (Lipinski definition) is 4. The van der Waals surface area contributed by atoms with Crippen LogP contribution in [0, 0.1) is 5.82 Å². The summed E-state index contributed by atoms with van der Waals surface area (Å²) in [5, 5.41) is 3.26.